The van der Waals surface area contributed by atoms with Gasteiger partial charge < -0.3 is 5.73 Å². The smallest absolute Gasteiger partial charge is 0.149 e. The number of nitrogens with zero attached hydrogens (tertiary/aromatic N) is 3. The van der Waals surface area contributed by atoms with Gasteiger partial charge in [-0.05, 0) is 18.9 Å². The predicted octanol–water partition coefficient (Wildman–Crippen LogP) is 1.94. The molecular weight excluding hydrogens is 224 g/mol. The summed E-state index contributed by atoms with van der Waals surface area (Å²) >= 11 is 0. The van der Waals surface area contributed by atoms with Crippen LogP contribution in [0.4, 0.5) is 0 Å². The zero-order valence-electron chi connectivity index (χ0n) is 10.0. The lowest BCUT2D eigenvalue weighted by Gasteiger charge is -2.09. The highest BCUT2D eigenvalue weighted by Gasteiger charge is 2.16. The van der Waals surface area contributed by atoms with Gasteiger partial charge in [0.05, 0.1) is 17.7 Å². The summed E-state index contributed by atoms with van der Waals surface area (Å²) < 4.78 is 0. The molecule has 0 saturated carbocycles. The molecule has 1 rings (SSSR count). The summed E-state index contributed by atoms with van der Waals surface area (Å²) in [6.45, 7) is 1.98. The van der Waals surface area contributed by atoms with Crippen LogP contribution < -0.4 is 5.73 Å². The first kappa shape index (κ1) is 13.3. The fourth-order valence-corrected chi connectivity index (χ4v) is 1.51. The van der Waals surface area contributed by atoms with Crippen molar-refractivity contribution in [2.24, 2.45) is 11.7 Å². The van der Waals surface area contributed by atoms with Crippen molar-refractivity contribution in [3.8, 4) is 18.2 Å². The van der Waals surface area contributed by atoms with E-state index in [1.165, 1.54) is 0 Å². The van der Waals surface area contributed by atoms with Crippen molar-refractivity contribution in [2.45, 2.75) is 13.3 Å². The first-order valence-corrected chi connectivity index (χ1v) is 5.37. The Balaban J connectivity index is 2.98. The quantitative estimate of drug-likeness (QED) is 0.811. The Morgan fingerprint density at radius 1 is 1.17 bits per heavy atom. The van der Waals surface area contributed by atoms with Crippen LogP contribution >= 0.6 is 0 Å². The van der Waals surface area contributed by atoms with Gasteiger partial charge in [-0.1, -0.05) is 29.8 Å². The van der Waals surface area contributed by atoms with Crippen molar-refractivity contribution in [1.29, 1.82) is 15.8 Å². The number of aryl methyl sites for hydroxylation is 1. The van der Waals surface area contributed by atoms with Gasteiger partial charge in [0.2, 0.25) is 0 Å². The molecule has 1 aromatic carbocycles. The summed E-state index contributed by atoms with van der Waals surface area (Å²) in [5.41, 5.74) is 7.62. The van der Waals surface area contributed by atoms with Crippen molar-refractivity contribution in [3.63, 3.8) is 0 Å². The lowest BCUT2D eigenvalue weighted by atomic mass is 9.95. The number of nitrogens with two attached hydrogens (primary N) is 1. The average molecular weight is 236 g/mol. The molecule has 1 aromatic rings. The minimum absolute atomic E-state index is 0.0445. The average Bonchev–Trinajstić information content (AvgIpc) is 2.39. The molecule has 0 bridgehead atoms. The maximum atomic E-state index is 9.07. The topological polar surface area (TPSA) is 97.4 Å². The van der Waals surface area contributed by atoms with E-state index in [9.17, 15) is 0 Å². The molecule has 4 nitrogen and oxygen atoms in total. The molecular formula is C14H12N4. The summed E-state index contributed by atoms with van der Waals surface area (Å²) in [4.78, 5) is 0. The molecule has 2 N–H and O–H groups in total. The fraction of sp³-hybridized carbons (Fsp3) is 0.214. The molecule has 0 aromatic heterocycles. The van der Waals surface area contributed by atoms with E-state index in [4.69, 9.17) is 21.5 Å². The van der Waals surface area contributed by atoms with Gasteiger partial charge in [0.1, 0.15) is 17.7 Å². The molecule has 1 unspecified atom stereocenters. The van der Waals surface area contributed by atoms with Gasteiger partial charge in [0.15, 0.2) is 0 Å². The molecule has 4 heteroatoms. The van der Waals surface area contributed by atoms with Gasteiger partial charge in [0, 0.05) is 0 Å². The van der Waals surface area contributed by atoms with Crippen LogP contribution in [0, 0.1) is 46.8 Å². The van der Waals surface area contributed by atoms with Crippen LogP contribution in [-0.2, 0) is 6.42 Å². The maximum absolute atomic E-state index is 9.07. The van der Waals surface area contributed by atoms with Crippen LogP contribution in [0.3, 0.4) is 0 Å². The van der Waals surface area contributed by atoms with Crippen molar-refractivity contribution in [1.82, 2.24) is 0 Å². The summed E-state index contributed by atoms with van der Waals surface area (Å²) in [5, 5.41) is 26.5. The van der Waals surface area contributed by atoms with Gasteiger partial charge in [-0.3, -0.25) is 0 Å². The molecule has 0 aliphatic heterocycles. The van der Waals surface area contributed by atoms with Crippen LogP contribution in [-0.4, -0.2) is 0 Å². The molecule has 0 amide bonds. The van der Waals surface area contributed by atoms with Gasteiger partial charge in [-0.2, -0.15) is 15.8 Å². The highest BCUT2D eigenvalue weighted by atomic mass is 14.6. The molecule has 0 radical (unpaired) electrons. The summed E-state index contributed by atoms with van der Waals surface area (Å²) in [6.07, 6.45) is 0.398. The van der Waals surface area contributed by atoms with Crippen LogP contribution in [0.1, 0.15) is 11.1 Å². The lowest BCUT2D eigenvalue weighted by molar-refractivity contribution is 0.753. The van der Waals surface area contributed by atoms with Crippen molar-refractivity contribution < 1.29 is 0 Å². The number of nitriles is 3. The second kappa shape index (κ2) is 6.09. The Kier molecular flexibility index (Phi) is 4.50. The highest BCUT2D eigenvalue weighted by Crippen LogP contribution is 2.16. The Morgan fingerprint density at radius 2 is 1.72 bits per heavy atom. The number of allylic oxidation sites excluding steroid dienone is 2. The third-order valence-corrected chi connectivity index (χ3v) is 2.60. The zero-order chi connectivity index (χ0) is 13.5. The molecule has 0 aliphatic carbocycles. The first-order valence-electron chi connectivity index (χ1n) is 5.37. The van der Waals surface area contributed by atoms with Crippen molar-refractivity contribution in [3.05, 3.63) is 46.7 Å². The van der Waals surface area contributed by atoms with E-state index in [-0.39, 0.29) is 11.3 Å². The first-order chi connectivity index (χ1) is 8.62. The molecule has 0 heterocycles. The molecule has 1 atom stereocenters. The van der Waals surface area contributed by atoms with Crippen LogP contribution in [0.2, 0.25) is 0 Å². The Labute approximate surface area is 106 Å². The number of benzene rings is 1. The molecule has 0 spiro atoms. The third-order valence-electron chi connectivity index (χ3n) is 2.60. The number of rotatable bonds is 3. The Bertz CT molecular complexity index is 560. The monoisotopic (exact) mass is 236 g/mol. The maximum Gasteiger partial charge on any atom is 0.149 e. The van der Waals surface area contributed by atoms with E-state index in [0.29, 0.717) is 6.42 Å². The van der Waals surface area contributed by atoms with Crippen molar-refractivity contribution in [2.75, 3.05) is 0 Å². The van der Waals surface area contributed by atoms with E-state index in [0.717, 1.165) is 11.1 Å². The van der Waals surface area contributed by atoms with Gasteiger partial charge in [-0.15, -0.1) is 0 Å². The summed E-state index contributed by atoms with van der Waals surface area (Å²) in [5.74, 6) is -0.651. The largest absolute Gasteiger partial charge is 0.399 e. The van der Waals surface area contributed by atoms with E-state index in [1.807, 2.05) is 37.3 Å². The van der Waals surface area contributed by atoms with E-state index in [2.05, 4.69) is 0 Å². The van der Waals surface area contributed by atoms with E-state index < -0.39 is 5.92 Å². The van der Waals surface area contributed by atoms with E-state index >= 15 is 0 Å². The number of hydrogen-bond acceptors (Lipinski definition) is 4. The minimum Gasteiger partial charge on any atom is -0.399 e. The van der Waals surface area contributed by atoms with Crippen LogP contribution in [0.15, 0.2) is 35.5 Å². The Hall–Kier alpha value is -2.77. The predicted molar refractivity (Wildman–Crippen MR) is 66.4 cm³/mol. The second-order valence-corrected chi connectivity index (χ2v) is 3.93. The Morgan fingerprint density at radius 3 is 2.17 bits per heavy atom. The molecule has 0 saturated heterocycles. The summed E-state index contributed by atoms with van der Waals surface area (Å²) in [6, 6.07) is 13.1. The van der Waals surface area contributed by atoms with Crippen LogP contribution in [0.25, 0.3) is 0 Å². The normalized spacial score (nSPS) is 10.6. The SMILES string of the molecule is Cc1ccc(CC(C#N)C(N)=C(C#N)C#N)cc1. The lowest BCUT2D eigenvalue weighted by Crippen LogP contribution is -2.15. The van der Waals surface area contributed by atoms with Gasteiger partial charge >= 0.3 is 0 Å². The highest BCUT2D eigenvalue weighted by molar-refractivity contribution is 5.41. The second-order valence-electron chi connectivity index (χ2n) is 3.93. The third kappa shape index (κ3) is 3.11. The standard InChI is InChI=1S/C14H12N4/c1-10-2-4-11(5-3-10)6-12(7-15)14(18)13(8-16)9-17/h2-5,12H,6,18H2,1H3. The fourth-order valence-electron chi connectivity index (χ4n) is 1.51. The van der Waals surface area contributed by atoms with Crippen LogP contribution in [0.5, 0.6) is 0 Å². The molecule has 18 heavy (non-hydrogen) atoms. The summed E-state index contributed by atoms with van der Waals surface area (Å²) in [7, 11) is 0. The minimum atomic E-state index is -0.651. The van der Waals surface area contributed by atoms with Gasteiger partial charge in [0.25, 0.3) is 0 Å². The molecule has 0 aliphatic rings. The van der Waals surface area contributed by atoms with E-state index in [1.54, 1.807) is 12.1 Å². The van der Waals surface area contributed by atoms with Crippen molar-refractivity contribution >= 4 is 0 Å². The molecule has 0 fully saturated rings. The molecule has 88 valence electrons. The van der Waals surface area contributed by atoms with Gasteiger partial charge in [-0.25, -0.2) is 0 Å². The zero-order valence-corrected chi connectivity index (χ0v) is 10.0. The number of hydrogen-bond donors (Lipinski definition) is 1.